The van der Waals surface area contributed by atoms with Crippen molar-refractivity contribution in [2.45, 2.75) is 33.2 Å². The number of fused-ring (bicyclic) bond motifs is 1. The van der Waals surface area contributed by atoms with E-state index in [1.807, 2.05) is 4.90 Å². The van der Waals surface area contributed by atoms with Crippen LogP contribution in [0.2, 0.25) is 0 Å². The first-order valence-corrected chi connectivity index (χ1v) is 7.90. The van der Waals surface area contributed by atoms with Crippen molar-refractivity contribution in [2.75, 3.05) is 13.1 Å². The van der Waals surface area contributed by atoms with Gasteiger partial charge >= 0.3 is 0 Å². The molecule has 4 nitrogen and oxygen atoms in total. The number of hydrogen-bond donors (Lipinski definition) is 1. The summed E-state index contributed by atoms with van der Waals surface area (Å²) in [6.45, 7) is 7.26. The molecule has 23 heavy (non-hydrogen) atoms. The van der Waals surface area contributed by atoms with Crippen LogP contribution in [0.1, 0.15) is 36.3 Å². The molecule has 1 saturated heterocycles. The molecule has 0 radical (unpaired) electrons. The van der Waals surface area contributed by atoms with Crippen LogP contribution in [0.3, 0.4) is 0 Å². The fourth-order valence-corrected chi connectivity index (χ4v) is 3.17. The first-order chi connectivity index (χ1) is 10.8. The van der Waals surface area contributed by atoms with Gasteiger partial charge < -0.3 is 10.6 Å². The molecule has 2 N–H and O–H groups in total. The van der Waals surface area contributed by atoms with Crippen LogP contribution in [0.5, 0.6) is 0 Å². The Morgan fingerprint density at radius 3 is 2.83 bits per heavy atom. The molecule has 3 rings (SSSR count). The molecule has 1 aliphatic heterocycles. The van der Waals surface area contributed by atoms with Crippen LogP contribution < -0.4 is 5.73 Å². The van der Waals surface area contributed by atoms with Gasteiger partial charge in [-0.2, -0.15) is 0 Å². The number of carbonyl (C=O) groups excluding carboxylic acids is 1. The molecule has 1 fully saturated rings. The lowest BCUT2D eigenvalue weighted by Gasteiger charge is -2.42. The highest BCUT2D eigenvalue weighted by Crippen LogP contribution is 2.29. The number of carbonyl (C=O) groups is 1. The molecule has 1 aliphatic rings. The summed E-state index contributed by atoms with van der Waals surface area (Å²) < 4.78 is 13.3. The molecule has 2 aromatic rings. The van der Waals surface area contributed by atoms with Gasteiger partial charge in [0.1, 0.15) is 5.82 Å². The zero-order chi connectivity index (χ0) is 16.8. The molecule has 1 aromatic carbocycles. The van der Waals surface area contributed by atoms with Crippen LogP contribution in [-0.2, 0) is 0 Å². The van der Waals surface area contributed by atoms with E-state index in [4.69, 9.17) is 5.73 Å². The molecule has 1 atom stereocenters. The lowest BCUT2D eigenvalue weighted by molar-refractivity contribution is 0.0532. The maximum Gasteiger partial charge on any atom is 0.255 e. The molecular formula is C18H22FN3O. The summed E-state index contributed by atoms with van der Waals surface area (Å²) >= 11 is 0. The molecule has 0 saturated carbocycles. The lowest BCUT2D eigenvalue weighted by Crippen LogP contribution is -2.54. The Labute approximate surface area is 135 Å². The normalized spacial score (nSPS) is 20.7. The van der Waals surface area contributed by atoms with E-state index >= 15 is 0 Å². The minimum absolute atomic E-state index is 0.0267. The second-order valence-electron chi connectivity index (χ2n) is 7.07. The molecule has 122 valence electrons. The van der Waals surface area contributed by atoms with Gasteiger partial charge in [-0.1, -0.05) is 13.8 Å². The highest BCUT2D eigenvalue weighted by atomic mass is 19.1. The maximum absolute atomic E-state index is 13.3. The predicted molar refractivity (Wildman–Crippen MR) is 88.7 cm³/mol. The average molecular weight is 315 g/mol. The molecule has 1 aromatic heterocycles. The molecule has 2 heterocycles. The Kier molecular flexibility index (Phi) is 3.84. The summed E-state index contributed by atoms with van der Waals surface area (Å²) in [6.07, 6.45) is 0.796. The third-order valence-electron chi connectivity index (χ3n) is 4.80. The van der Waals surface area contributed by atoms with E-state index in [1.165, 1.54) is 12.1 Å². The zero-order valence-corrected chi connectivity index (χ0v) is 13.8. The Morgan fingerprint density at radius 2 is 2.13 bits per heavy atom. The first-order valence-electron chi connectivity index (χ1n) is 7.90. The Morgan fingerprint density at radius 1 is 1.39 bits per heavy atom. The Hall–Kier alpha value is -2.01. The Balaban J connectivity index is 1.95. The third kappa shape index (κ3) is 2.93. The van der Waals surface area contributed by atoms with Gasteiger partial charge in [0.25, 0.3) is 5.91 Å². The van der Waals surface area contributed by atoms with Crippen molar-refractivity contribution in [2.24, 2.45) is 11.1 Å². The molecule has 0 aliphatic carbocycles. The van der Waals surface area contributed by atoms with Crippen molar-refractivity contribution in [3.8, 4) is 0 Å². The number of aromatic nitrogens is 1. The molecule has 1 amide bonds. The van der Waals surface area contributed by atoms with Crippen molar-refractivity contribution in [3.63, 3.8) is 0 Å². The maximum atomic E-state index is 13.3. The van der Waals surface area contributed by atoms with Crippen LogP contribution in [0.4, 0.5) is 4.39 Å². The molecule has 0 spiro atoms. The molecule has 1 unspecified atom stereocenters. The predicted octanol–water partition coefficient (Wildman–Crippen LogP) is 2.88. The zero-order valence-electron chi connectivity index (χ0n) is 13.8. The van der Waals surface area contributed by atoms with Crippen LogP contribution in [0, 0.1) is 18.2 Å². The van der Waals surface area contributed by atoms with E-state index in [0.29, 0.717) is 29.9 Å². The summed E-state index contributed by atoms with van der Waals surface area (Å²) in [5, 5.41) is 0.772. The largest absolute Gasteiger partial charge is 0.338 e. The number of hydrogen-bond acceptors (Lipinski definition) is 3. The van der Waals surface area contributed by atoms with Crippen LogP contribution >= 0.6 is 0 Å². The minimum atomic E-state index is -0.324. The standard InChI is InChI=1S/C18H22FN3O/c1-11-14(8-12-4-5-13(19)9-15(12)21-11)17(23)22-7-6-16(20)18(2,3)10-22/h4-5,8-9,16H,6-7,10,20H2,1-3H3. The van der Waals surface area contributed by atoms with Gasteiger partial charge in [-0.3, -0.25) is 9.78 Å². The summed E-state index contributed by atoms with van der Waals surface area (Å²) in [4.78, 5) is 19.1. The lowest BCUT2D eigenvalue weighted by atomic mass is 9.79. The van der Waals surface area contributed by atoms with E-state index in [0.717, 1.165) is 11.8 Å². The topological polar surface area (TPSA) is 59.2 Å². The van der Waals surface area contributed by atoms with E-state index in [1.54, 1.807) is 19.1 Å². The fourth-order valence-electron chi connectivity index (χ4n) is 3.17. The van der Waals surface area contributed by atoms with Gasteiger partial charge in [0, 0.05) is 30.6 Å². The van der Waals surface area contributed by atoms with E-state index < -0.39 is 0 Å². The summed E-state index contributed by atoms with van der Waals surface area (Å²) in [6, 6.07) is 6.34. The Bertz CT molecular complexity index is 772. The van der Waals surface area contributed by atoms with Gasteiger partial charge in [0.15, 0.2) is 0 Å². The second kappa shape index (κ2) is 5.57. The van der Waals surface area contributed by atoms with Crippen molar-refractivity contribution >= 4 is 16.8 Å². The number of piperidine rings is 1. The summed E-state index contributed by atoms with van der Waals surface area (Å²) in [5.74, 6) is -0.351. The van der Waals surface area contributed by atoms with Gasteiger partial charge in [-0.15, -0.1) is 0 Å². The minimum Gasteiger partial charge on any atom is -0.338 e. The molecular weight excluding hydrogens is 293 g/mol. The fraction of sp³-hybridized carbons (Fsp3) is 0.444. The van der Waals surface area contributed by atoms with Crippen molar-refractivity contribution in [1.29, 1.82) is 0 Å². The highest BCUT2D eigenvalue weighted by molar-refractivity contribution is 5.98. The number of aryl methyl sites for hydroxylation is 1. The molecule has 0 bridgehead atoms. The third-order valence-corrected chi connectivity index (χ3v) is 4.80. The number of amides is 1. The van der Waals surface area contributed by atoms with E-state index in [9.17, 15) is 9.18 Å². The smallest absolute Gasteiger partial charge is 0.255 e. The number of likely N-dealkylation sites (tertiary alicyclic amines) is 1. The number of nitrogens with zero attached hydrogens (tertiary/aromatic N) is 2. The van der Waals surface area contributed by atoms with Crippen molar-refractivity contribution < 1.29 is 9.18 Å². The highest BCUT2D eigenvalue weighted by Gasteiger charge is 2.36. The monoisotopic (exact) mass is 315 g/mol. The van der Waals surface area contributed by atoms with Crippen molar-refractivity contribution in [3.05, 3.63) is 41.3 Å². The van der Waals surface area contributed by atoms with Crippen molar-refractivity contribution in [1.82, 2.24) is 9.88 Å². The van der Waals surface area contributed by atoms with Gasteiger partial charge in [-0.25, -0.2) is 4.39 Å². The molecule has 5 heteroatoms. The van der Waals surface area contributed by atoms with E-state index in [-0.39, 0.29) is 23.2 Å². The second-order valence-corrected chi connectivity index (χ2v) is 7.07. The number of halogens is 1. The number of pyridine rings is 1. The van der Waals surface area contributed by atoms with Gasteiger partial charge in [-0.05, 0) is 37.0 Å². The summed E-state index contributed by atoms with van der Waals surface area (Å²) in [5.41, 5.74) is 7.82. The van der Waals surface area contributed by atoms with Gasteiger partial charge in [0.05, 0.1) is 16.8 Å². The van der Waals surface area contributed by atoms with Crippen LogP contribution in [0.15, 0.2) is 24.3 Å². The van der Waals surface area contributed by atoms with Crippen LogP contribution in [0.25, 0.3) is 10.9 Å². The van der Waals surface area contributed by atoms with Gasteiger partial charge in [0.2, 0.25) is 0 Å². The summed E-state index contributed by atoms with van der Waals surface area (Å²) in [7, 11) is 0. The van der Waals surface area contributed by atoms with Crippen LogP contribution in [-0.4, -0.2) is 34.9 Å². The number of nitrogens with two attached hydrogens (primary N) is 1. The quantitative estimate of drug-likeness (QED) is 0.880. The SMILES string of the molecule is Cc1nc2cc(F)ccc2cc1C(=O)N1CCC(N)C(C)(C)C1. The number of rotatable bonds is 1. The first kappa shape index (κ1) is 15.9. The number of benzene rings is 1. The average Bonchev–Trinajstić information content (AvgIpc) is 2.48. The van der Waals surface area contributed by atoms with E-state index in [2.05, 4.69) is 18.8 Å².